The minimum atomic E-state index is -0.283. The Labute approximate surface area is 95.7 Å². The molecule has 0 heterocycles. The van der Waals surface area contributed by atoms with Crippen LogP contribution in [0.1, 0.15) is 37.2 Å². The zero-order valence-electron chi connectivity index (χ0n) is 9.30. The molecule has 0 atom stereocenters. The van der Waals surface area contributed by atoms with E-state index in [0.717, 1.165) is 25.7 Å². The summed E-state index contributed by atoms with van der Waals surface area (Å²) in [6.45, 7) is -0.283. The van der Waals surface area contributed by atoms with E-state index in [4.69, 9.17) is 9.84 Å². The summed E-state index contributed by atoms with van der Waals surface area (Å²) in [7, 11) is 0. The van der Waals surface area contributed by atoms with Gasteiger partial charge in [-0.25, -0.2) is 0 Å². The van der Waals surface area contributed by atoms with Crippen molar-refractivity contribution in [3.63, 3.8) is 0 Å². The van der Waals surface area contributed by atoms with Crippen molar-refractivity contribution in [1.82, 2.24) is 0 Å². The SMILES string of the molecule is OCOc1ccc(C2CCC(O)CC2)cc1. The van der Waals surface area contributed by atoms with Crippen LogP contribution in [0.25, 0.3) is 0 Å². The first kappa shape index (κ1) is 11.4. The van der Waals surface area contributed by atoms with Crippen LogP contribution in [0.4, 0.5) is 0 Å². The third-order valence-electron chi connectivity index (χ3n) is 3.28. The van der Waals surface area contributed by atoms with Crippen molar-refractivity contribution < 1.29 is 14.9 Å². The van der Waals surface area contributed by atoms with E-state index >= 15 is 0 Å². The lowest BCUT2D eigenvalue weighted by atomic mass is 9.83. The van der Waals surface area contributed by atoms with Gasteiger partial charge >= 0.3 is 0 Å². The summed E-state index contributed by atoms with van der Waals surface area (Å²) in [5, 5.41) is 18.1. The molecule has 0 bridgehead atoms. The van der Waals surface area contributed by atoms with Crippen molar-refractivity contribution in [2.75, 3.05) is 6.79 Å². The van der Waals surface area contributed by atoms with Gasteiger partial charge in [-0.1, -0.05) is 12.1 Å². The number of aliphatic hydroxyl groups excluding tert-OH is 2. The molecule has 0 unspecified atom stereocenters. The Balaban J connectivity index is 1.98. The molecule has 0 amide bonds. The number of benzene rings is 1. The third kappa shape index (κ3) is 2.74. The Morgan fingerprint density at radius 1 is 1.06 bits per heavy atom. The Morgan fingerprint density at radius 3 is 2.25 bits per heavy atom. The molecule has 3 nitrogen and oxygen atoms in total. The molecule has 1 saturated carbocycles. The largest absolute Gasteiger partial charge is 0.468 e. The molecule has 0 radical (unpaired) electrons. The number of aliphatic hydroxyl groups is 2. The molecule has 1 aliphatic carbocycles. The number of ether oxygens (including phenoxy) is 1. The van der Waals surface area contributed by atoms with Gasteiger partial charge in [0.15, 0.2) is 6.79 Å². The minimum absolute atomic E-state index is 0.103. The molecule has 0 aromatic heterocycles. The van der Waals surface area contributed by atoms with E-state index < -0.39 is 0 Å². The van der Waals surface area contributed by atoms with Gasteiger partial charge < -0.3 is 14.9 Å². The molecule has 1 fully saturated rings. The number of hydrogen-bond donors (Lipinski definition) is 2. The summed E-state index contributed by atoms with van der Waals surface area (Å²) >= 11 is 0. The van der Waals surface area contributed by atoms with Gasteiger partial charge in [0, 0.05) is 0 Å². The lowest BCUT2D eigenvalue weighted by Gasteiger charge is -2.25. The molecule has 1 aromatic carbocycles. The fraction of sp³-hybridized carbons (Fsp3) is 0.538. The second-order valence-electron chi connectivity index (χ2n) is 4.35. The molecule has 0 spiro atoms. The van der Waals surface area contributed by atoms with Gasteiger partial charge in [0.05, 0.1) is 6.10 Å². The van der Waals surface area contributed by atoms with Gasteiger partial charge in [-0.2, -0.15) is 0 Å². The Bertz CT molecular complexity index is 312. The third-order valence-corrected chi connectivity index (χ3v) is 3.28. The van der Waals surface area contributed by atoms with Gasteiger partial charge in [0.25, 0.3) is 0 Å². The van der Waals surface area contributed by atoms with Crippen LogP contribution in [0.5, 0.6) is 5.75 Å². The highest BCUT2D eigenvalue weighted by Gasteiger charge is 2.20. The zero-order chi connectivity index (χ0) is 11.4. The molecule has 1 aliphatic rings. The van der Waals surface area contributed by atoms with Crippen LogP contribution in [0.2, 0.25) is 0 Å². The van der Waals surface area contributed by atoms with Crippen LogP contribution in [0, 0.1) is 0 Å². The summed E-state index contributed by atoms with van der Waals surface area (Å²) in [5.74, 6) is 1.26. The maximum absolute atomic E-state index is 9.44. The predicted octanol–water partition coefficient (Wildman–Crippen LogP) is 2.03. The molecular formula is C13H18O3. The van der Waals surface area contributed by atoms with Gasteiger partial charge in [0.1, 0.15) is 5.75 Å². The Morgan fingerprint density at radius 2 is 1.69 bits per heavy atom. The fourth-order valence-electron chi connectivity index (χ4n) is 2.32. The van der Waals surface area contributed by atoms with E-state index in [-0.39, 0.29) is 12.9 Å². The molecule has 2 N–H and O–H groups in total. The highest BCUT2D eigenvalue weighted by molar-refractivity contribution is 5.29. The molecule has 2 rings (SSSR count). The van der Waals surface area contributed by atoms with Crippen LogP contribution in [0.3, 0.4) is 0 Å². The number of hydrogen-bond acceptors (Lipinski definition) is 3. The summed E-state index contributed by atoms with van der Waals surface area (Å²) in [4.78, 5) is 0. The molecule has 1 aromatic rings. The lowest BCUT2D eigenvalue weighted by Crippen LogP contribution is -2.16. The topological polar surface area (TPSA) is 49.7 Å². The van der Waals surface area contributed by atoms with Gasteiger partial charge in [0.2, 0.25) is 0 Å². The zero-order valence-corrected chi connectivity index (χ0v) is 9.30. The smallest absolute Gasteiger partial charge is 0.186 e. The summed E-state index contributed by atoms with van der Waals surface area (Å²) in [6.07, 6.45) is 3.82. The average Bonchev–Trinajstić information content (AvgIpc) is 2.32. The molecule has 0 aliphatic heterocycles. The molecule has 16 heavy (non-hydrogen) atoms. The minimum Gasteiger partial charge on any atom is -0.468 e. The molecule has 3 heteroatoms. The second-order valence-corrected chi connectivity index (χ2v) is 4.35. The quantitative estimate of drug-likeness (QED) is 0.769. The van der Waals surface area contributed by atoms with E-state index in [1.165, 1.54) is 5.56 Å². The fourth-order valence-corrected chi connectivity index (χ4v) is 2.32. The second kappa shape index (κ2) is 5.32. The van der Waals surface area contributed by atoms with Crippen LogP contribution in [-0.4, -0.2) is 23.1 Å². The maximum atomic E-state index is 9.44. The van der Waals surface area contributed by atoms with Crippen LogP contribution >= 0.6 is 0 Å². The van der Waals surface area contributed by atoms with Gasteiger partial charge in [-0.15, -0.1) is 0 Å². The van der Waals surface area contributed by atoms with E-state index in [1.54, 1.807) is 0 Å². The first-order valence-corrected chi connectivity index (χ1v) is 5.81. The first-order valence-electron chi connectivity index (χ1n) is 5.81. The van der Waals surface area contributed by atoms with Crippen molar-refractivity contribution in [2.24, 2.45) is 0 Å². The Hall–Kier alpha value is -1.06. The molecule has 0 saturated heterocycles. The average molecular weight is 222 g/mol. The van der Waals surface area contributed by atoms with Crippen molar-refractivity contribution in [2.45, 2.75) is 37.7 Å². The Kier molecular flexibility index (Phi) is 3.80. The highest BCUT2D eigenvalue weighted by Crippen LogP contribution is 2.33. The summed E-state index contributed by atoms with van der Waals surface area (Å²) in [5.41, 5.74) is 1.30. The van der Waals surface area contributed by atoms with Crippen molar-refractivity contribution in [3.8, 4) is 5.75 Å². The normalized spacial score (nSPS) is 25.4. The lowest BCUT2D eigenvalue weighted by molar-refractivity contribution is 0.0984. The first-order chi connectivity index (χ1) is 7.79. The van der Waals surface area contributed by atoms with E-state index in [9.17, 15) is 5.11 Å². The van der Waals surface area contributed by atoms with Crippen molar-refractivity contribution >= 4 is 0 Å². The van der Waals surface area contributed by atoms with Gasteiger partial charge in [-0.3, -0.25) is 0 Å². The van der Waals surface area contributed by atoms with Crippen LogP contribution in [-0.2, 0) is 0 Å². The van der Waals surface area contributed by atoms with E-state index in [0.29, 0.717) is 11.7 Å². The maximum Gasteiger partial charge on any atom is 0.186 e. The van der Waals surface area contributed by atoms with E-state index in [1.807, 2.05) is 24.3 Å². The summed E-state index contributed by atoms with van der Waals surface area (Å²) in [6, 6.07) is 7.87. The van der Waals surface area contributed by atoms with Crippen molar-refractivity contribution in [3.05, 3.63) is 29.8 Å². The summed E-state index contributed by atoms with van der Waals surface area (Å²) < 4.78 is 4.98. The standard InChI is InChI=1S/C13H18O3/c14-9-16-13-7-3-11(4-8-13)10-1-5-12(15)6-2-10/h3-4,7-8,10,12,14-15H,1-2,5-6,9H2. The van der Waals surface area contributed by atoms with Crippen LogP contribution < -0.4 is 4.74 Å². The monoisotopic (exact) mass is 222 g/mol. The van der Waals surface area contributed by atoms with Crippen LogP contribution in [0.15, 0.2) is 24.3 Å². The van der Waals surface area contributed by atoms with E-state index in [2.05, 4.69) is 0 Å². The van der Waals surface area contributed by atoms with Crippen molar-refractivity contribution in [1.29, 1.82) is 0 Å². The molecule has 88 valence electrons. The predicted molar refractivity (Wildman–Crippen MR) is 61.4 cm³/mol. The molecular weight excluding hydrogens is 204 g/mol. The highest BCUT2D eigenvalue weighted by atomic mass is 16.6. The number of rotatable bonds is 3. The van der Waals surface area contributed by atoms with Gasteiger partial charge in [-0.05, 0) is 49.3 Å².